The van der Waals surface area contributed by atoms with Crippen molar-refractivity contribution in [2.24, 2.45) is 0 Å². The molecule has 0 aliphatic carbocycles. The van der Waals surface area contributed by atoms with Crippen LogP contribution < -0.4 is 10.6 Å². The second kappa shape index (κ2) is 4.55. The van der Waals surface area contributed by atoms with Crippen molar-refractivity contribution < 1.29 is 18.0 Å². The van der Waals surface area contributed by atoms with Gasteiger partial charge in [-0.1, -0.05) is 12.1 Å². The van der Waals surface area contributed by atoms with Gasteiger partial charge in [-0.15, -0.1) is 0 Å². The summed E-state index contributed by atoms with van der Waals surface area (Å²) in [5, 5.41) is 11.0. The Bertz CT molecular complexity index is 563. The number of hydrogen-bond donors (Lipinski definition) is 3. The number of nitrogens with zero attached hydrogens (tertiary/aromatic N) is 1. The number of carbonyl (C=O) groups excluding carboxylic acids is 1. The molecule has 0 fully saturated rings. The molecule has 0 saturated carbocycles. The minimum atomic E-state index is -4.44. The Labute approximate surface area is 99.4 Å². The third-order valence-corrected chi connectivity index (χ3v) is 2.15. The zero-order valence-corrected chi connectivity index (χ0v) is 9.01. The van der Waals surface area contributed by atoms with Gasteiger partial charge in [0.15, 0.2) is 5.82 Å². The highest BCUT2D eigenvalue weighted by Gasteiger charge is 2.27. The molecule has 2 rings (SSSR count). The average molecular weight is 258 g/mol. The smallest absolute Gasteiger partial charge is 0.329 e. The minimum Gasteiger partial charge on any atom is -0.329 e. The fourth-order valence-electron chi connectivity index (χ4n) is 1.39. The fourth-order valence-corrected chi connectivity index (χ4v) is 1.39. The number of halogens is 3. The first-order valence-corrected chi connectivity index (χ1v) is 5.00. The standard InChI is InChI=1S/C10H9F3N4O/c11-10(12,13)5-14-9(18)15-8-6-3-1-2-4-7(6)16-17-8/h1-4H,5H2,(H3,14,15,16,17,18). The van der Waals surface area contributed by atoms with Crippen LogP contribution in [0.4, 0.5) is 23.8 Å². The summed E-state index contributed by atoms with van der Waals surface area (Å²) >= 11 is 0. The number of alkyl halides is 3. The highest BCUT2D eigenvalue weighted by Crippen LogP contribution is 2.19. The molecule has 3 N–H and O–H groups in total. The number of rotatable bonds is 2. The van der Waals surface area contributed by atoms with Crippen LogP contribution in [-0.2, 0) is 0 Å². The lowest BCUT2D eigenvalue weighted by Crippen LogP contribution is -2.36. The van der Waals surface area contributed by atoms with Crippen molar-refractivity contribution in [1.29, 1.82) is 0 Å². The number of H-pyrrole nitrogens is 1. The maximum Gasteiger partial charge on any atom is 0.405 e. The first-order valence-electron chi connectivity index (χ1n) is 5.00. The lowest BCUT2D eigenvalue weighted by atomic mass is 10.2. The topological polar surface area (TPSA) is 69.8 Å². The minimum absolute atomic E-state index is 0.185. The summed E-state index contributed by atoms with van der Waals surface area (Å²) in [5.41, 5.74) is 0.684. The molecule has 1 heterocycles. The molecule has 1 aromatic heterocycles. The Morgan fingerprint density at radius 1 is 1.33 bits per heavy atom. The van der Waals surface area contributed by atoms with E-state index in [9.17, 15) is 18.0 Å². The second-order valence-electron chi connectivity index (χ2n) is 3.54. The van der Waals surface area contributed by atoms with Gasteiger partial charge in [-0.25, -0.2) is 4.79 Å². The predicted molar refractivity (Wildman–Crippen MR) is 59.2 cm³/mol. The van der Waals surface area contributed by atoms with Crippen LogP contribution in [0.1, 0.15) is 0 Å². The number of carbonyl (C=O) groups is 1. The summed E-state index contributed by atoms with van der Waals surface area (Å²) in [6, 6.07) is 5.98. The largest absolute Gasteiger partial charge is 0.405 e. The number of para-hydroxylation sites is 1. The average Bonchev–Trinajstić information content (AvgIpc) is 2.70. The van der Waals surface area contributed by atoms with Crippen LogP contribution in [-0.4, -0.2) is 28.9 Å². The number of hydrogen-bond acceptors (Lipinski definition) is 2. The van der Waals surface area contributed by atoms with Crippen LogP contribution >= 0.6 is 0 Å². The maximum atomic E-state index is 11.9. The normalized spacial score (nSPS) is 11.5. The predicted octanol–water partition coefficient (Wildman–Crippen LogP) is 2.25. The van der Waals surface area contributed by atoms with Gasteiger partial charge in [-0.3, -0.25) is 10.4 Å². The van der Waals surface area contributed by atoms with Crippen molar-refractivity contribution >= 4 is 22.8 Å². The van der Waals surface area contributed by atoms with Crippen LogP contribution in [0.5, 0.6) is 0 Å². The Morgan fingerprint density at radius 2 is 2.06 bits per heavy atom. The molecule has 0 aliphatic rings. The SMILES string of the molecule is O=C(NCC(F)(F)F)Nc1n[nH]c2ccccc12. The third-order valence-electron chi connectivity index (χ3n) is 2.15. The van der Waals surface area contributed by atoms with Gasteiger partial charge >= 0.3 is 12.2 Å². The van der Waals surface area contributed by atoms with Crippen LogP contribution in [0.2, 0.25) is 0 Å². The van der Waals surface area contributed by atoms with E-state index in [0.717, 1.165) is 0 Å². The molecule has 0 spiro atoms. The van der Waals surface area contributed by atoms with Gasteiger partial charge in [0.05, 0.1) is 5.52 Å². The Hall–Kier alpha value is -2.25. The van der Waals surface area contributed by atoms with Crippen molar-refractivity contribution in [3.63, 3.8) is 0 Å². The molecule has 2 aromatic rings. The van der Waals surface area contributed by atoms with Crippen LogP contribution in [0.15, 0.2) is 24.3 Å². The van der Waals surface area contributed by atoms with Crippen molar-refractivity contribution in [3.05, 3.63) is 24.3 Å². The Balaban J connectivity index is 2.03. The van der Waals surface area contributed by atoms with Gasteiger partial charge < -0.3 is 5.32 Å². The number of nitrogens with one attached hydrogen (secondary N) is 3. The molecular formula is C10H9F3N4O. The zero-order chi connectivity index (χ0) is 13.2. The van der Waals surface area contributed by atoms with E-state index in [1.54, 1.807) is 29.6 Å². The van der Waals surface area contributed by atoms with Crippen LogP contribution in [0.25, 0.3) is 10.9 Å². The monoisotopic (exact) mass is 258 g/mol. The van der Waals surface area contributed by atoms with Gasteiger partial charge in [-0.2, -0.15) is 18.3 Å². The second-order valence-corrected chi connectivity index (χ2v) is 3.54. The molecule has 0 radical (unpaired) electrons. The first kappa shape index (κ1) is 12.2. The Morgan fingerprint density at radius 3 is 2.78 bits per heavy atom. The molecule has 8 heteroatoms. The molecular weight excluding hydrogens is 249 g/mol. The number of fused-ring (bicyclic) bond motifs is 1. The van der Waals surface area contributed by atoms with Crippen molar-refractivity contribution in [3.8, 4) is 0 Å². The summed E-state index contributed by atoms with van der Waals surface area (Å²) in [5.74, 6) is 0.185. The number of anilines is 1. The number of aromatic nitrogens is 2. The summed E-state index contributed by atoms with van der Waals surface area (Å²) < 4.78 is 35.7. The van der Waals surface area contributed by atoms with E-state index < -0.39 is 18.8 Å². The summed E-state index contributed by atoms with van der Waals surface area (Å²) in [4.78, 5) is 11.2. The quantitative estimate of drug-likeness (QED) is 0.773. The molecule has 96 valence electrons. The van der Waals surface area contributed by atoms with Crippen molar-refractivity contribution in [1.82, 2.24) is 15.5 Å². The summed E-state index contributed by atoms with van der Waals surface area (Å²) in [7, 11) is 0. The molecule has 5 nitrogen and oxygen atoms in total. The van der Waals surface area contributed by atoms with E-state index in [1.165, 1.54) is 0 Å². The summed E-state index contributed by atoms with van der Waals surface area (Å²) in [6.45, 7) is -1.39. The molecule has 0 aliphatic heterocycles. The molecule has 0 atom stereocenters. The third kappa shape index (κ3) is 2.90. The van der Waals surface area contributed by atoms with Gasteiger partial charge in [0.2, 0.25) is 0 Å². The highest BCUT2D eigenvalue weighted by atomic mass is 19.4. The molecule has 0 unspecified atom stereocenters. The lowest BCUT2D eigenvalue weighted by molar-refractivity contribution is -0.122. The molecule has 18 heavy (non-hydrogen) atoms. The zero-order valence-electron chi connectivity index (χ0n) is 9.01. The molecule has 0 saturated heterocycles. The molecule has 0 bridgehead atoms. The molecule has 2 amide bonds. The maximum absolute atomic E-state index is 11.9. The van der Waals surface area contributed by atoms with E-state index in [2.05, 4.69) is 15.5 Å². The van der Waals surface area contributed by atoms with Crippen molar-refractivity contribution in [2.45, 2.75) is 6.18 Å². The van der Waals surface area contributed by atoms with E-state index in [-0.39, 0.29) is 5.82 Å². The van der Waals surface area contributed by atoms with E-state index in [1.807, 2.05) is 0 Å². The van der Waals surface area contributed by atoms with E-state index in [0.29, 0.717) is 10.9 Å². The number of urea groups is 1. The summed E-state index contributed by atoms with van der Waals surface area (Å²) in [6.07, 6.45) is -4.44. The van der Waals surface area contributed by atoms with Gasteiger partial charge in [0.25, 0.3) is 0 Å². The number of amides is 2. The number of benzene rings is 1. The van der Waals surface area contributed by atoms with Gasteiger partial charge in [0.1, 0.15) is 6.54 Å². The number of aromatic amines is 1. The van der Waals surface area contributed by atoms with Crippen LogP contribution in [0.3, 0.4) is 0 Å². The highest BCUT2D eigenvalue weighted by molar-refractivity contribution is 5.98. The van der Waals surface area contributed by atoms with E-state index >= 15 is 0 Å². The first-order chi connectivity index (χ1) is 8.46. The Kier molecular flexibility index (Phi) is 3.09. The van der Waals surface area contributed by atoms with Crippen molar-refractivity contribution in [2.75, 3.05) is 11.9 Å². The van der Waals surface area contributed by atoms with E-state index in [4.69, 9.17) is 0 Å². The van der Waals surface area contributed by atoms with Gasteiger partial charge in [-0.05, 0) is 12.1 Å². The van der Waals surface area contributed by atoms with Gasteiger partial charge in [0, 0.05) is 5.39 Å². The fraction of sp³-hybridized carbons (Fsp3) is 0.200. The van der Waals surface area contributed by atoms with Crippen LogP contribution in [0, 0.1) is 0 Å². The lowest BCUT2D eigenvalue weighted by Gasteiger charge is -2.08. The molecule has 1 aromatic carbocycles.